The van der Waals surface area contributed by atoms with E-state index in [4.69, 9.17) is 12.2 Å². The highest BCUT2D eigenvalue weighted by atomic mass is 32.2. The SMILES string of the molecule is Cc1ccc(NC(=O)CCn2c(-c3cccs3)n[nH]c2=S)cc1NS(C)(=O)=O. The molecule has 0 fully saturated rings. The van der Waals surface area contributed by atoms with Gasteiger partial charge in [0.05, 0.1) is 16.8 Å². The summed E-state index contributed by atoms with van der Waals surface area (Å²) in [5.74, 6) is 0.483. The van der Waals surface area contributed by atoms with Crippen LogP contribution in [0.1, 0.15) is 12.0 Å². The fraction of sp³-hybridized carbons (Fsp3) is 0.235. The van der Waals surface area contributed by atoms with E-state index in [2.05, 4.69) is 20.2 Å². The van der Waals surface area contributed by atoms with E-state index in [0.29, 0.717) is 28.5 Å². The van der Waals surface area contributed by atoms with Crippen molar-refractivity contribution >= 4 is 50.9 Å². The van der Waals surface area contributed by atoms with Gasteiger partial charge in [-0.2, -0.15) is 5.10 Å². The summed E-state index contributed by atoms with van der Waals surface area (Å²) >= 11 is 6.80. The highest BCUT2D eigenvalue weighted by Gasteiger charge is 2.12. The molecular formula is C17H19N5O3S3. The summed E-state index contributed by atoms with van der Waals surface area (Å²) in [6.45, 7) is 2.15. The summed E-state index contributed by atoms with van der Waals surface area (Å²) in [5, 5.41) is 11.7. The summed E-state index contributed by atoms with van der Waals surface area (Å²) in [5.41, 5.74) is 1.70. The van der Waals surface area contributed by atoms with Gasteiger partial charge in [0.1, 0.15) is 0 Å². The third kappa shape index (κ3) is 5.06. The van der Waals surface area contributed by atoms with Gasteiger partial charge in [0.25, 0.3) is 0 Å². The Morgan fingerprint density at radius 1 is 1.36 bits per heavy atom. The number of carbonyl (C=O) groups is 1. The lowest BCUT2D eigenvalue weighted by Gasteiger charge is -2.11. The third-order valence-corrected chi connectivity index (χ3v) is 5.65. The van der Waals surface area contributed by atoms with Gasteiger partial charge >= 0.3 is 0 Å². The van der Waals surface area contributed by atoms with Gasteiger partial charge in [-0.1, -0.05) is 12.1 Å². The second-order valence-electron chi connectivity index (χ2n) is 6.18. The summed E-state index contributed by atoms with van der Waals surface area (Å²) in [4.78, 5) is 13.3. The fourth-order valence-electron chi connectivity index (χ4n) is 2.57. The number of benzene rings is 1. The van der Waals surface area contributed by atoms with Gasteiger partial charge < -0.3 is 5.32 Å². The number of rotatable bonds is 7. The number of thiophene rings is 1. The van der Waals surface area contributed by atoms with Crippen LogP contribution in [0.2, 0.25) is 0 Å². The molecule has 3 rings (SSSR count). The lowest BCUT2D eigenvalue weighted by molar-refractivity contribution is -0.116. The van der Waals surface area contributed by atoms with Gasteiger partial charge in [-0.25, -0.2) is 8.42 Å². The summed E-state index contributed by atoms with van der Waals surface area (Å²) in [6.07, 6.45) is 1.27. The van der Waals surface area contributed by atoms with Crippen LogP contribution in [0.5, 0.6) is 0 Å². The van der Waals surface area contributed by atoms with Gasteiger partial charge in [0, 0.05) is 18.7 Å². The number of hydrogen-bond acceptors (Lipinski definition) is 6. The summed E-state index contributed by atoms with van der Waals surface area (Å²) < 4.78 is 27.6. The molecule has 8 nitrogen and oxygen atoms in total. The molecule has 148 valence electrons. The van der Waals surface area contributed by atoms with Gasteiger partial charge in [-0.3, -0.25) is 19.2 Å². The van der Waals surface area contributed by atoms with E-state index in [0.717, 1.165) is 16.7 Å². The topological polar surface area (TPSA) is 109 Å². The molecule has 0 radical (unpaired) electrons. The molecular weight excluding hydrogens is 418 g/mol. The van der Waals surface area contributed by atoms with Gasteiger partial charge in [-0.15, -0.1) is 11.3 Å². The largest absolute Gasteiger partial charge is 0.326 e. The smallest absolute Gasteiger partial charge is 0.229 e. The molecule has 28 heavy (non-hydrogen) atoms. The number of hydrogen-bond donors (Lipinski definition) is 3. The Labute approximate surface area is 171 Å². The number of aryl methyl sites for hydroxylation is 1. The molecule has 0 saturated heterocycles. The van der Waals surface area contributed by atoms with E-state index in [-0.39, 0.29) is 12.3 Å². The summed E-state index contributed by atoms with van der Waals surface area (Å²) in [7, 11) is -3.40. The number of nitrogens with zero attached hydrogens (tertiary/aromatic N) is 2. The maximum Gasteiger partial charge on any atom is 0.229 e. The Kier molecular flexibility index (Phi) is 5.96. The highest BCUT2D eigenvalue weighted by Crippen LogP contribution is 2.24. The molecule has 1 aromatic carbocycles. The molecule has 11 heteroatoms. The van der Waals surface area contributed by atoms with Crippen molar-refractivity contribution < 1.29 is 13.2 Å². The average molecular weight is 438 g/mol. The molecule has 0 spiro atoms. The van der Waals surface area contributed by atoms with Crippen molar-refractivity contribution in [3.8, 4) is 10.7 Å². The minimum atomic E-state index is -3.40. The van der Waals surface area contributed by atoms with Crippen LogP contribution >= 0.6 is 23.6 Å². The zero-order valence-electron chi connectivity index (χ0n) is 15.2. The number of aromatic nitrogens is 3. The van der Waals surface area contributed by atoms with Crippen LogP contribution in [0.4, 0.5) is 11.4 Å². The first kappa shape index (κ1) is 20.2. The van der Waals surface area contributed by atoms with Crippen LogP contribution in [-0.2, 0) is 21.4 Å². The lowest BCUT2D eigenvalue weighted by atomic mass is 10.2. The first-order chi connectivity index (χ1) is 13.2. The van der Waals surface area contributed by atoms with Crippen LogP contribution in [-0.4, -0.2) is 35.3 Å². The van der Waals surface area contributed by atoms with Crippen molar-refractivity contribution in [3.05, 3.63) is 46.0 Å². The minimum Gasteiger partial charge on any atom is -0.326 e. The number of nitrogens with one attached hydrogen (secondary N) is 3. The van der Waals surface area contributed by atoms with E-state index >= 15 is 0 Å². The maximum atomic E-state index is 12.4. The van der Waals surface area contributed by atoms with E-state index in [1.165, 1.54) is 0 Å². The molecule has 0 aliphatic rings. The Morgan fingerprint density at radius 3 is 2.82 bits per heavy atom. The molecule has 3 aromatic rings. The van der Waals surface area contributed by atoms with Crippen molar-refractivity contribution in [1.82, 2.24) is 14.8 Å². The monoisotopic (exact) mass is 437 g/mol. The average Bonchev–Trinajstić information content (AvgIpc) is 3.24. The van der Waals surface area contributed by atoms with Crippen LogP contribution in [0.3, 0.4) is 0 Å². The molecule has 0 aliphatic carbocycles. The molecule has 0 saturated carbocycles. The molecule has 0 atom stereocenters. The molecule has 0 bridgehead atoms. The van der Waals surface area contributed by atoms with E-state index in [9.17, 15) is 13.2 Å². The Morgan fingerprint density at radius 2 is 2.14 bits per heavy atom. The summed E-state index contributed by atoms with van der Waals surface area (Å²) in [6, 6.07) is 8.92. The quantitative estimate of drug-likeness (QED) is 0.491. The predicted octanol–water partition coefficient (Wildman–Crippen LogP) is 3.38. The number of H-pyrrole nitrogens is 1. The van der Waals surface area contributed by atoms with E-state index in [1.807, 2.05) is 17.5 Å². The van der Waals surface area contributed by atoms with E-state index < -0.39 is 10.0 Å². The minimum absolute atomic E-state index is 0.189. The van der Waals surface area contributed by atoms with Gasteiger partial charge in [0.2, 0.25) is 15.9 Å². The predicted molar refractivity (Wildman–Crippen MR) is 114 cm³/mol. The molecule has 2 aromatic heterocycles. The normalized spacial score (nSPS) is 11.4. The number of amides is 1. The molecule has 2 heterocycles. The zero-order chi connectivity index (χ0) is 20.3. The van der Waals surface area contributed by atoms with Crippen LogP contribution < -0.4 is 10.0 Å². The van der Waals surface area contributed by atoms with Crippen molar-refractivity contribution in [1.29, 1.82) is 0 Å². The third-order valence-electron chi connectivity index (χ3n) is 3.88. The number of aromatic amines is 1. The van der Waals surface area contributed by atoms with Crippen LogP contribution in [0, 0.1) is 11.7 Å². The number of sulfonamides is 1. The lowest BCUT2D eigenvalue weighted by Crippen LogP contribution is -2.16. The highest BCUT2D eigenvalue weighted by molar-refractivity contribution is 7.92. The Bertz CT molecular complexity index is 1150. The van der Waals surface area contributed by atoms with Crippen LogP contribution in [0.25, 0.3) is 10.7 Å². The molecule has 0 unspecified atom stereocenters. The van der Waals surface area contributed by atoms with Crippen molar-refractivity contribution in [3.63, 3.8) is 0 Å². The fourth-order valence-corrected chi connectivity index (χ4v) is 4.13. The number of carbonyl (C=O) groups excluding carboxylic acids is 1. The molecule has 3 N–H and O–H groups in total. The van der Waals surface area contributed by atoms with Gasteiger partial charge in [0.15, 0.2) is 10.6 Å². The van der Waals surface area contributed by atoms with Crippen molar-refractivity contribution in [2.75, 3.05) is 16.3 Å². The maximum absolute atomic E-state index is 12.4. The number of anilines is 2. The second kappa shape index (κ2) is 8.25. The van der Waals surface area contributed by atoms with Crippen molar-refractivity contribution in [2.24, 2.45) is 0 Å². The Hall–Kier alpha value is -2.50. The van der Waals surface area contributed by atoms with Crippen molar-refractivity contribution in [2.45, 2.75) is 19.9 Å². The second-order valence-corrected chi connectivity index (χ2v) is 9.27. The first-order valence-corrected chi connectivity index (χ1v) is 11.5. The van der Waals surface area contributed by atoms with Crippen LogP contribution in [0.15, 0.2) is 35.7 Å². The molecule has 0 aliphatic heterocycles. The molecule has 1 amide bonds. The Balaban J connectivity index is 1.68. The standard InChI is InChI=1S/C17H19N5O3S3/c1-11-5-6-12(10-13(11)21-28(2,24)25)18-15(23)7-8-22-16(19-20-17(22)26)14-4-3-9-27-14/h3-6,9-10,21H,7-8H2,1-2H3,(H,18,23)(H,20,26). The van der Waals surface area contributed by atoms with Gasteiger partial charge in [-0.05, 0) is 48.3 Å². The van der Waals surface area contributed by atoms with E-state index in [1.54, 1.807) is 41.0 Å². The first-order valence-electron chi connectivity index (χ1n) is 8.30. The zero-order valence-corrected chi connectivity index (χ0v) is 17.7.